The van der Waals surface area contributed by atoms with E-state index in [1.807, 2.05) is 6.07 Å². The van der Waals surface area contributed by atoms with Crippen molar-refractivity contribution < 1.29 is 4.39 Å². The summed E-state index contributed by atoms with van der Waals surface area (Å²) in [6.07, 6.45) is 3.03. The smallest absolute Gasteiger partial charge is 0.251 e. The van der Waals surface area contributed by atoms with Crippen LogP contribution in [0, 0.1) is 5.82 Å². The van der Waals surface area contributed by atoms with Crippen molar-refractivity contribution >= 4 is 5.69 Å². The van der Waals surface area contributed by atoms with E-state index in [1.165, 1.54) is 17.7 Å². The van der Waals surface area contributed by atoms with Gasteiger partial charge in [-0.05, 0) is 42.5 Å². The number of hydrogen-bond acceptors (Lipinski definition) is 2. The number of nitrogens with two attached hydrogens (primary N) is 1. The van der Waals surface area contributed by atoms with Gasteiger partial charge in [0, 0.05) is 17.4 Å². The first-order valence-corrected chi connectivity index (χ1v) is 6.40. The summed E-state index contributed by atoms with van der Waals surface area (Å²) in [5.74, 6) is -0.355. The fourth-order valence-electron chi connectivity index (χ4n) is 2.69. The van der Waals surface area contributed by atoms with Crippen LogP contribution in [-0.4, -0.2) is 4.57 Å². The number of nitrogen functional groups attached to an aromatic ring is 1. The number of anilines is 1. The summed E-state index contributed by atoms with van der Waals surface area (Å²) in [6.45, 7) is 0.411. The molecule has 0 spiro atoms. The Balaban J connectivity index is 2.04. The van der Waals surface area contributed by atoms with Crippen LogP contribution >= 0.6 is 0 Å². The Morgan fingerprint density at radius 3 is 2.84 bits per heavy atom. The van der Waals surface area contributed by atoms with Crippen molar-refractivity contribution in [1.82, 2.24) is 4.57 Å². The van der Waals surface area contributed by atoms with Crippen LogP contribution in [0.5, 0.6) is 0 Å². The van der Waals surface area contributed by atoms with E-state index in [4.69, 9.17) is 5.73 Å². The molecule has 0 saturated heterocycles. The van der Waals surface area contributed by atoms with Gasteiger partial charge in [-0.25, -0.2) is 4.39 Å². The molecule has 0 unspecified atom stereocenters. The van der Waals surface area contributed by atoms with E-state index in [0.717, 1.165) is 30.5 Å². The highest BCUT2D eigenvalue weighted by atomic mass is 19.1. The quantitative estimate of drug-likeness (QED) is 0.839. The summed E-state index contributed by atoms with van der Waals surface area (Å²) in [5, 5.41) is 0. The van der Waals surface area contributed by atoms with Gasteiger partial charge >= 0.3 is 0 Å². The van der Waals surface area contributed by atoms with Crippen molar-refractivity contribution in [2.24, 2.45) is 0 Å². The van der Waals surface area contributed by atoms with E-state index in [0.29, 0.717) is 12.2 Å². The predicted octanol–water partition coefficient (Wildman–Crippen LogP) is 2.11. The van der Waals surface area contributed by atoms with Gasteiger partial charge in [0.2, 0.25) is 0 Å². The molecule has 98 valence electrons. The fourth-order valence-corrected chi connectivity index (χ4v) is 2.69. The summed E-state index contributed by atoms with van der Waals surface area (Å²) in [5.41, 5.74) is 9.29. The third-order valence-corrected chi connectivity index (χ3v) is 3.69. The predicted molar refractivity (Wildman–Crippen MR) is 72.6 cm³/mol. The van der Waals surface area contributed by atoms with Crippen LogP contribution in [0.1, 0.15) is 23.2 Å². The maximum atomic E-state index is 13.0. The second-order valence-electron chi connectivity index (χ2n) is 4.93. The Kier molecular flexibility index (Phi) is 2.85. The molecule has 0 atom stereocenters. The van der Waals surface area contributed by atoms with Gasteiger partial charge in [-0.15, -0.1) is 0 Å². The third kappa shape index (κ3) is 2.14. The van der Waals surface area contributed by atoms with E-state index in [9.17, 15) is 9.18 Å². The Bertz CT molecular complexity index is 691. The van der Waals surface area contributed by atoms with E-state index < -0.39 is 0 Å². The van der Waals surface area contributed by atoms with Gasteiger partial charge in [-0.1, -0.05) is 12.1 Å². The molecule has 19 heavy (non-hydrogen) atoms. The second-order valence-corrected chi connectivity index (χ2v) is 4.93. The van der Waals surface area contributed by atoms with Crippen LogP contribution in [-0.2, 0) is 19.4 Å². The average Bonchev–Trinajstić information content (AvgIpc) is 2.84. The standard InChI is InChI=1S/C15H15FN2O/c16-12-6-4-11(13(17)8-12)9-18-14-3-1-2-10(14)5-7-15(18)19/h4-8H,1-3,9,17H2. The zero-order valence-corrected chi connectivity index (χ0v) is 10.5. The van der Waals surface area contributed by atoms with Gasteiger partial charge in [0.05, 0.1) is 6.54 Å². The Morgan fingerprint density at radius 2 is 2.05 bits per heavy atom. The summed E-state index contributed by atoms with van der Waals surface area (Å²) in [7, 11) is 0. The summed E-state index contributed by atoms with van der Waals surface area (Å²) in [6, 6.07) is 7.83. The minimum absolute atomic E-state index is 0.0237. The van der Waals surface area contributed by atoms with Gasteiger partial charge in [-0.2, -0.15) is 0 Å². The number of benzene rings is 1. The zero-order valence-electron chi connectivity index (χ0n) is 10.5. The van der Waals surface area contributed by atoms with Gasteiger partial charge in [-0.3, -0.25) is 4.79 Å². The highest BCUT2D eigenvalue weighted by molar-refractivity contribution is 5.47. The van der Waals surface area contributed by atoms with Crippen molar-refractivity contribution in [3.8, 4) is 0 Å². The van der Waals surface area contributed by atoms with Crippen molar-refractivity contribution in [1.29, 1.82) is 0 Å². The third-order valence-electron chi connectivity index (χ3n) is 3.69. The molecule has 1 aliphatic rings. The number of aromatic nitrogens is 1. The molecular weight excluding hydrogens is 243 g/mol. The summed E-state index contributed by atoms with van der Waals surface area (Å²) in [4.78, 5) is 12.0. The Morgan fingerprint density at radius 1 is 1.21 bits per heavy atom. The molecule has 1 aromatic carbocycles. The molecule has 3 rings (SSSR count). The van der Waals surface area contributed by atoms with Gasteiger partial charge < -0.3 is 10.3 Å². The first kappa shape index (κ1) is 12.0. The molecule has 0 saturated carbocycles. The number of halogens is 1. The maximum Gasteiger partial charge on any atom is 0.251 e. The second kappa shape index (κ2) is 4.53. The molecule has 1 aromatic heterocycles. The van der Waals surface area contributed by atoms with E-state index >= 15 is 0 Å². The molecule has 3 nitrogen and oxygen atoms in total. The van der Waals surface area contributed by atoms with Crippen molar-refractivity contribution in [2.45, 2.75) is 25.8 Å². The molecular formula is C15H15FN2O. The summed E-state index contributed by atoms with van der Waals surface area (Å²) < 4.78 is 14.8. The monoisotopic (exact) mass is 258 g/mol. The molecule has 0 bridgehead atoms. The zero-order chi connectivity index (χ0) is 13.4. The first-order valence-electron chi connectivity index (χ1n) is 6.40. The molecule has 0 radical (unpaired) electrons. The van der Waals surface area contributed by atoms with Gasteiger partial charge in [0.15, 0.2) is 0 Å². The summed E-state index contributed by atoms with van der Waals surface area (Å²) >= 11 is 0. The van der Waals surface area contributed by atoms with Crippen molar-refractivity contribution in [3.05, 3.63) is 63.3 Å². The molecule has 0 fully saturated rings. The lowest BCUT2D eigenvalue weighted by molar-refractivity contribution is 0.626. The number of fused-ring (bicyclic) bond motifs is 1. The van der Waals surface area contributed by atoms with Crippen molar-refractivity contribution in [2.75, 3.05) is 5.73 Å². The highest BCUT2D eigenvalue weighted by Crippen LogP contribution is 2.22. The lowest BCUT2D eigenvalue weighted by Crippen LogP contribution is -2.23. The van der Waals surface area contributed by atoms with Crippen LogP contribution in [0.2, 0.25) is 0 Å². The number of hydrogen-bond donors (Lipinski definition) is 1. The molecule has 4 heteroatoms. The van der Waals surface area contributed by atoms with Gasteiger partial charge in [0.25, 0.3) is 5.56 Å². The molecule has 2 aromatic rings. The highest BCUT2D eigenvalue weighted by Gasteiger charge is 2.16. The Hall–Kier alpha value is -2.10. The van der Waals surface area contributed by atoms with E-state index in [1.54, 1.807) is 16.7 Å². The molecule has 0 aliphatic heterocycles. The minimum atomic E-state index is -0.355. The number of pyridine rings is 1. The molecule has 1 heterocycles. The SMILES string of the molecule is Nc1cc(F)ccc1Cn1c2c(ccc1=O)CCC2. The van der Waals surface area contributed by atoms with Crippen LogP contribution in [0.4, 0.5) is 10.1 Å². The number of aryl methyl sites for hydroxylation is 1. The van der Waals surface area contributed by atoms with Crippen LogP contribution < -0.4 is 11.3 Å². The number of nitrogens with zero attached hydrogens (tertiary/aromatic N) is 1. The molecule has 0 amide bonds. The van der Waals surface area contributed by atoms with E-state index in [2.05, 4.69) is 0 Å². The van der Waals surface area contributed by atoms with Crippen molar-refractivity contribution in [3.63, 3.8) is 0 Å². The van der Waals surface area contributed by atoms with Gasteiger partial charge in [0.1, 0.15) is 5.82 Å². The normalized spacial score (nSPS) is 13.5. The average molecular weight is 258 g/mol. The number of rotatable bonds is 2. The lowest BCUT2D eigenvalue weighted by atomic mass is 10.1. The molecule has 2 N–H and O–H groups in total. The largest absolute Gasteiger partial charge is 0.398 e. The van der Waals surface area contributed by atoms with Crippen LogP contribution in [0.3, 0.4) is 0 Å². The molecule has 1 aliphatic carbocycles. The van der Waals surface area contributed by atoms with E-state index in [-0.39, 0.29) is 11.4 Å². The maximum absolute atomic E-state index is 13.0. The lowest BCUT2D eigenvalue weighted by Gasteiger charge is -2.13. The fraction of sp³-hybridized carbons (Fsp3) is 0.267. The topological polar surface area (TPSA) is 48.0 Å². The van der Waals surface area contributed by atoms with Crippen LogP contribution in [0.25, 0.3) is 0 Å². The minimum Gasteiger partial charge on any atom is -0.398 e. The first-order chi connectivity index (χ1) is 9.15. The Labute approximate surface area is 110 Å². The van der Waals surface area contributed by atoms with Crippen LogP contribution in [0.15, 0.2) is 35.1 Å².